The Hall–Kier alpha value is -3.15. The molecule has 1 fully saturated rings. The van der Waals surface area contributed by atoms with Crippen LogP contribution in [0.15, 0.2) is 42.5 Å². The molecular weight excluding hydrogens is 378 g/mol. The summed E-state index contributed by atoms with van der Waals surface area (Å²) in [5.74, 6) is -0.618. The lowest BCUT2D eigenvalue weighted by Crippen LogP contribution is -2.46. The topological polar surface area (TPSA) is 69.7 Å². The lowest BCUT2D eigenvalue weighted by atomic mass is 9.89. The van der Waals surface area contributed by atoms with Gasteiger partial charge in [0.05, 0.1) is 0 Å². The first kappa shape index (κ1) is 18.9. The fraction of sp³-hybridized carbons (Fsp3) is 0.375. The molecule has 6 heteroatoms. The largest absolute Gasteiger partial charge is 0.325 e. The Morgan fingerprint density at radius 2 is 1.87 bits per heavy atom. The van der Waals surface area contributed by atoms with Crippen molar-refractivity contribution in [2.24, 2.45) is 0 Å². The van der Waals surface area contributed by atoms with Gasteiger partial charge in [0.25, 0.3) is 5.91 Å². The minimum atomic E-state index is -1.15. The number of carbonyl (C=O) groups excluding carboxylic acids is 3. The molecule has 2 aromatic carbocycles. The normalized spacial score (nSPS) is 24.8. The van der Waals surface area contributed by atoms with Gasteiger partial charge in [-0.05, 0) is 67.9 Å². The molecule has 2 atom stereocenters. The number of para-hydroxylation sites is 1. The SMILES string of the molecule is C[C@H]1Cc2ccccc2N1C(=O)CN1C(=O)N[C@](C)(c2ccc3c(c2)CCC3)C1=O. The van der Waals surface area contributed by atoms with Gasteiger partial charge in [-0.1, -0.05) is 36.4 Å². The maximum atomic E-state index is 13.3. The second kappa shape index (κ2) is 6.69. The molecular formula is C24H25N3O3. The number of amides is 4. The average Bonchev–Trinajstić information content (AvgIpc) is 3.38. The van der Waals surface area contributed by atoms with Gasteiger partial charge in [0, 0.05) is 11.7 Å². The summed E-state index contributed by atoms with van der Waals surface area (Å²) >= 11 is 0. The van der Waals surface area contributed by atoms with E-state index in [0.29, 0.717) is 0 Å². The number of nitrogens with one attached hydrogen (secondary N) is 1. The number of aryl methyl sites for hydroxylation is 2. The van der Waals surface area contributed by atoms with Gasteiger partial charge in [-0.15, -0.1) is 0 Å². The quantitative estimate of drug-likeness (QED) is 0.801. The summed E-state index contributed by atoms with van der Waals surface area (Å²) < 4.78 is 0. The van der Waals surface area contributed by atoms with Crippen molar-refractivity contribution < 1.29 is 14.4 Å². The van der Waals surface area contributed by atoms with Crippen LogP contribution in [0, 0.1) is 0 Å². The number of imide groups is 1. The Kier molecular flexibility index (Phi) is 4.20. The van der Waals surface area contributed by atoms with Crippen LogP contribution in [0.2, 0.25) is 0 Å². The predicted molar refractivity (Wildman–Crippen MR) is 113 cm³/mol. The Morgan fingerprint density at radius 1 is 1.10 bits per heavy atom. The molecule has 2 aromatic rings. The minimum Gasteiger partial charge on any atom is -0.319 e. The standard InChI is InChI=1S/C24H25N3O3/c1-15-12-18-6-3-4-9-20(18)27(15)21(28)14-26-22(29)24(2,25-23(26)30)19-11-10-16-7-5-8-17(16)13-19/h3-4,6,9-11,13,15H,5,7-8,12,14H2,1-2H3,(H,25,30)/t15-,24+/m0/s1. The molecule has 1 N–H and O–H groups in total. The molecule has 2 heterocycles. The summed E-state index contributed by atoms with van der Waals surface area (Å²) in [6.07, 6.45) is 3.94. The van der Waals surface area contributed by atoms with Gasteiger partial charge >= 0.3 is 6.03 Å². The number of anilines is 1. The highest BCUT2D eigenvalue weighted by Gasteiger charge is 2.50. The molecule has 0 spiro atoms. The number of urea groups is 1. The molecule has 30 heavy (non-hydrogen) atoms. The first-order valence-corrected chi connectivity index (χ1v) is 10.5. The molecule has 3 aliphatic rings. The van der Waals surface area contributed by atoms with Crippen molar-refractivity contribution in [2.45, 2.75) is 51.1 Å². The van der Waals surface area contributed by atoms with E-state index < -0.39 is 11.6 Å². The van der Waals surface area contributed by atoms with Gasteiger partial charge in [-0.25, -0.2) is 4.79 Å². The van der Waals surface area contributed by atoms with E-state index in [-0.39, 0.29) is 24.4 Å². The predicted octanol–water partition coefficient (Wildman–Crippen LogP) is 2.92. The van der Waals surface area contributed by atoms with Gasteiger partial charge in [0.15, 0.2) is 0 Å². The number of nitrogens with zero attached hydrogens (tertiary/aromatic N) is 2. The van der Waals surface area contributed by atoms with Crippen molar-refractivity contribution in [3.63, 3.8) is 0 Å². The lowest BCUT2D eigenvalue weighted by Gasteiger charge is -2.26. The zero-order chi connectivity index (χ0) is 21.0. The van der Waals surface area contributed by atoms with E-state index in [1.165, 1.54) is 11.1 Å². The Morgan fingerprint density at radius 3 is 2.70 bits per heavy atom. The molecule has 6 nitrogen and oxygen atoms in total. The highest BCUT2D eigenvalue weighted by molar-refractivity contribution is 6.11. The summed E-state index contributed by atoms with van der Waals surface area (Å²) in [4.78, 5) is 41.9. The lowest BCUT2D eigenvalue weighted by molar-refractivity contribution is -0.134. The number of benzene rings is 2. The van der Waals surface area contributed by atoms with Gasteiger partial charge in [-0.3, -0.25) is 14.5 Å². The average molecular weight is 403 g/mol. The Labute approximate surface area is 175 Å². The van der Waals surface area contributed by atoms with Gasteiger partial charge in [-0.2, -0.15) is 0 Å². The molecule has 2 aliphatic heterocycles. The first-order chi connectivity index (χ1) is 14.4. The number of hydrogen-bond acceptors (Lipinski definition) is 3. The van der Waals surface area contributed by atoms with Crippen molar-refractivity contribution in [3.8, 4) is 0 Å². The molecule has 4 amide bonds. The zero-order valence-corrected chi connectivity index (χ0v) is 17.3. The summed E-state index contributed by atoms with van der Waals surface area (Å²) in [6, 6.07) is 13.3. The van der Waals surface area contributed by atoms with Crippen LogP contribution in [0.5, 0.6) is 0 Å². The monoisotopic (exact) mass is 403 g/mol. The molecule has 1 aliphatic carbocycles. The van der Waals surface area contributed by atoms with E-state index in [1.807, 2.05) is 43.3 Å². The van der Waals surface area contributed by atoms with Crippen molar-refractivity contribution >= 4 is 23.5 Å². The van der Waals surface area contributed by atoms with Crippen LogP contribution in [-0.4, -0.2) is 35.3 Å². The summed E-state index contributed by atoms with van der Waals surface area (Å²) in [6.45, 7) is 3.45. The van der Waals surface area contributed by atoms with Crippen molar-refractivity contribution in [1.82, 2.24) is 10.2 Å². The Bertz CT molecular complexity index is 1080. The van der Waals surface area contributed by atoms with Crippen LogP contribution in [0.4, 0.5) is 10.5 Å². The summed E-state index contributed by atoms with van der Waals surface area (Å²) in [7, 11) is 0. The molecule has 5 rings (SSSR count). The van der Waals surface area contributed by atoms with Crippen LogP contribution >= 0.6 is 0 Å². The second-order valence-corrected chi connectivity index (χ2v) is 8.73. The van der Waals surface area contributed by atoms with Crippen molar-refractivity contribution in [2.75, 3.05) is 11.4 Å². The maximum absolute atomic E-state index is 13.3. The van der Waals surface area contributed by atoms with Crippen LogP contribution < -0.4 is 10.2 Å². The molecule has 0 unspecified atom stereocenters. The first-order valence-electron chi connectivity index (χ1n) is 10.5. The maximum Gasteiger partial charge on any atom is 0.325 e. The number of rotatable bonds is 3. The van der Waals surface area contributed by atoms with E-state index in [2.05, 4.69) is 11.4 Å². The van der Waals surface area contributed by atoms with E-state index in [1.54, 1.807) is 11.8 Å². The third-order valence-corrected chi connectivity index (χ3v) is 6.72. The van der Waals surface area contributed by atoms with E-state index in [9.17, 15) is 14.4 Å². The fourth-order valence-electron chi connectivity index (χ4n) is 5.08. The van der Waals surface area contributed by atoms with E-state index in [0.717, 1.165) is 47.4 Å². The third kappa shape index (κ3) is 2.74. The van der Waals surface area contributed by atoms with Crippen molar-refractivity contribution in [1.29, 1.82) is 0 Å². The molecule has 0 bridgehead atoms. The molecule has 154 valence electrons. The van der Waals surface area contributed by atoms with Crippen LogP contribution in [0.25, 0.3) is 0 Å². The number of hydrogen-bond donors (Lipinski definition) is 1. The molecule has 1 saturated heterocycles. The van der Waals surface area contributed by atoms with Crippen LogP contribution in [-0.2, 0) is 34.4 Å². The van der Waals surface area contributed by atoms with Gasteiger partial charge in [0.2, 0.25) is 5.91 Å². The second-order valence-electron chi connectivity index (χ2n) is 8.73. The van der Waals surface area contributed by atoms with E-state index >= 15 is 0 Å². The van der Waals surface area contributed by atoms with Crippen molar-refractivity contribution in [3.05, 3.63) is 64.7 Å². The molecule has 0 aromatic heterocycles. The van der Waals surface area contributed by atoms with Gasteiger partial charge < -0.3 is 10.2 Å². The highest BCUT2D eigenvalue weighted by atomic mass is 16.2. The van der Waals surface area contributed by atoms with Crippen LogP contribution in [0.3, 0.4) is 0 Å². The fourth-order valence-corrected chi connectivity index (χ4v) is 5.08. The number of carbonyl (C=O) groups is 3. The molecule has 0 saturated carbocycles. The smallest absolute Gasteiger partial charge is 0.319 e. The minimum absolute atomic E-state index is 0.00115. The van der Waals surface area contributed by atoms with E-state index in [4.69, 9.17) is 0 Å². The molecule has 0 radical (unpaired) electrons. The van der Waals surface area contributed by atoms with Gasteiger partial charge in [0.1, 0.15) is 12.1 Å². The summed E-state index contributed by atoms with van der Waals surface area (Å²) in [5.41, 5.74) is 4.16. The van der Waals surface area contributed by atoms with Crippen LogP contribution in [0.1, 0.15) is 42.5 Å². The Balaban J connectivity index is 1.39. The zero-order valence-electron chi connectivity index (χ0n) is 17.3. The third-order valence-electron chi connectivity index (χ3n) is 6.72. The number of fused-ring (bicyclic) bond motifs is 2. The highest BCUT2D eigenvalue weighted by Crippen LogP contribution is 2.34. The summed E-state index contributed by atoms with van der Waals surface area (Å²) in [5, 5.41) is 2.83.